The van der Waals surface area contributed by atoms with Crippen molar-refractivity contribution in [3.8, 4) is 0 Å². The Morgan fingerprint density at radius 2 is 2.00 bits per heavy atom. The molecule has 0 bridgehead atoms. The van der Waals surface area contributed by atoms with Crippen molar-refractivity contribution in [3.05, 3.63) is 36.0 Å². The van der Waals surface area contributed by atoms with E-state index in [2.05, 4.69) is 16.0 Å². The minimum absolute atomic E-state index is 0.0397. The number of aromatic nitrogens is 1. The number of rotatable bonds is 3. The third kappa shape index (κ3) is 2.87. The van der Waals surface area contributed by atoms with E-state index in [4.69, 9.17) is 0 Å². The van der Waals surface area contributed by atoms with E-state index in [-0.39, 0.29) is 12.7 Å². The van der Waals surface area contributed by atoms with Crippen LogP contribution in [-0.2, 0) is 6.61 Å². The molecule has 0 spiro atoms. The number of nitrogens with zero attached hydrogens (tertiary/aromatic N) is 2. The van der Waals surface area contributed by atoms with Crippen molar-refractivity contribution >= 4 is 16.6 Å². The van der Waals surface area contributed by atoms with Gasteiger partial charge < -0.3 is 15.1 Å². The summed E-state index contributed by atoms with van der Waals surface area (Å²) in [7, 11) is 0. The number of anilines is 1. The summed E-state index contributed by atoms with van der Waals surface area (Å²) in [5.74, 6) is 0.395. The molecule has 0 amide bonds. The van der Waals surface area contributed by atoms with Crippen LogP contribution in [0.1, 0.15) is 25.5 Å². The summed E-state index contributed by atoms with van der Waals surface area (Å²) in [6, 6.07) is 10.1. The predicted molar refractivity (Wildman–Crippen MR) is 84.3 cm³/mol. The molecular weight excluding hydrogens is 264 g/mol. The van der Waals surface area contributed by atoms with Gasteiger partial charge in [0.25, 0.3) is 0 Å². The van der Waals surface area contributed by atoms with E-state index in [1.165, 1.54) is 0 Å². The summed E-state index contributed by atoms with van der Waals surface area (Å²) in [4.78, 5) is 6.82. The summed E-state index contributed by atoms with van der Waals surface area (Å²) in [6.07, 6.45) is 1.78. The molecule has 4 heteroatoms. The molecule has 1 aromatic heterocycles. The quantitative estimate of drug-likeness (QED) is 0.909. The van der Waals surface area contributed by atoms with Crippen molar-refractivity contribution in [2.75, 3.05) is 18.0 Å². The van der Waals surface area contributed by atoms with E-state index in [0.29, 0.717) is 11.6 Å². The summed E-state index contributed by atoms with van der Waals surface area (Å²) >= 11 is 0. The molecule has 0 saturated carbocycles. The molecule has 0 aliphatic carbocycles. The van der Waals surface area contributed by atoms with Crippen LogP contribution in [0.5, 0.6) is 0 Å². The molecule has 1 atom stereocenters. The smallest absolute Gasteiger partial charge is 0.0854 e. The molecule has 3 rings (SSSR count). The van der Waals surface area contributed by atoms with Crippen molar-refractivity contribution in [3.63, 3.8) is 0 Å². The van der Waals surface area contributed by atoms with Crippen LogP contribution in [0.3, 0.4) is 0 Å². The molecule has 1 fully saturated rings. The lowest BCUT2D eigenvalue weighted by Gasteiger charge is -2.35. The molecule has 1 aliphatic rings. The van der Waals surface area contributed by atoms with Crippen LogP contribution >= 0.6 is 0 Å². The van der Waals surface area contributed by atoms with Gasteiger partial charge in [0.1, 0.15) is 0 Å². The molecule has 112 valence electrons. The first-order valence-electron chi connectivity index (χ1n) is 7.61. The van der Waals surface area contributed by atoms with Crippen LogP contribution in [0.15, 0.2) is 30.3 Å². The molecule has 1 aliphatic heterocycles. The number of hydrogen-bond donors (Lipinski definition) is 2. The molecule has 1 unspecified atom stereocenters. The molecule has 2 heterocycles. The number of benzene rings is 1. The second-order valence-electron chi connectivity index (χ2n) is 5.87. The maximum atomic E-state index is 9.73. The number of aliphatic hydroxyl groups excluding tert-OH is 2. The number of fused-ring (bicyclic) bond motifs is 1. The average molecular weight is 286 g/mol. The Morgan fingerprint density at radius 1 is 1.29 bits per heavy atom. The predicted octanol–water partition coefficient (Wildman–Crippen LogP) is 2.32. The Hall–Kier alpha value is -1.65. The van der Waals surface area contributed by atoms with Gasteiger partial charge in [-0.3, -0.25) is 4.98 Å². The molecule has 1 saturated heterocycles. The molecule has 0 radical (unpaired) electrons. The van der Waals surface area contributed by atoms with E-state index in [1.54, 1.807) is 0 Å². The second kappa shape index (κ2) is 6.00. The zero-order valence-corrected chi connectivity index (χ0v) is 12.4. The standard InChI is InChI=1S/C17H22N2O2/c1-12(21)13-6-8-19(9-7-13)17-10-14(11-20)18-16-5-3-2-4-15(16)17/h2-5,10,12-13,20-21H,6-9,11H2,1H3. The van der Waals surface area contributed by atoms with Crippen molar-refractivity contribution in [2.24, 2.45) is 5.92 Å². The van der Waals surface area contributed by atoms with E-state index >= 15 is 0 Å². The van der Waals surface area contributed by atoms with E-state index in [1.807, 2.05) is 31.2 Å². The van der Waals surface area contributed by atoms with Gasteiger partial charge in [0.05, 0.1) is 23.9 Å². The number of pyridine rings is 1. The van der Waals surface area contributed by atoms with Crippen LogP contribution in [0.25, 0.3) is 10.9 Å². The fourth-order valence-corrected chi connectivity index (χ4v) is 3.18. The third-order valence-electron chi connectivity index (χ3n) is 4.47. The number of piperidine rings is 1. The second-order valence-corrected chi connectivity index (χ2v) is 5.87. The van der Waals surface area contributed by atoms with Gasteiger partial charge in [0.2, 0.25) is 0 Å². The fraction of sp³-hybridized carbons (Fsp3) is 0.471. The Balaban J connectivity index is 1.93. The van der Waals surface area contributed by atoms with Crippen molar-refractivity contribution in [1.82, 2.24) is 4.98 Å². The molecular formula is C17H22N2O2. The Labute approximate surface area is 125 Å². The van der Waals surface area contributed by atoms with Crippen LogP contribution in [0, 0.1) is 5.92 Å². The molecule has 21 heavy (non-hydrogen) atoms. The normalized spacial score (nSPS) is 18.1. The van der Waals surface area contributed by atoms with Gasteiger partial charge in [-0.25, -0.2) is 0 Å². The average Bonchev–Trinajstić information content (AvgIpc) is 2.53. The topological polar surface area (TPSA) is 56.6 Å². The highest BCUT2D eigenvalue weighted by Crippen LogP contribution is 2.31. The van der Waals surface area contributed by atoms with Gasteiger partial charge >= 0.3 is 0 Å². The molecule has 4 nitrogen and oxygen atoms in total. The largest absolute Gasteiger partial charge is 0.393 e. The maximum absolute atomic E-state index is 9.73. The van der Waals surface area contributed by atoms with Crippen molar-refractivity contribution < 1.29 is 10.2 Å². The van der Waals surface area contributed by atoms with E-state index in [0.717, 1.165) is 42.5 Å². The van der Waals surface area contributed by atoms with Gasteiger partial charge in [-0.15, -0.1) is 0 Å². The van der Waals surface area contributed by atoms with Crippen molar-refractivity contribution in [2.45, 2.75) is 32.5 Å². The van der Waals surface area contributed by atoms with Gasteiger partial charge in [-0.2, -0.15) is 0 Å². The van der Waals surface area contributed by atoms with E-state index < -0.39 is 0 Å². The van der Waals surface area contributed by atoms with E-state index in [9.17, 15) is 10.2 Å². The lowest BCUT2D eigenvalue weighted by molar-refractivity contribution is 0.110. The van der Waals surface area contributed by atoms with Gasteiger partial charge in [-0.05, 0) is 37.8 Å². The Kier molecular flexibility index (Phi) is 4.08. The van der Waals surface area contributed by atoms with Gasteiger partial charge in [0, 0.05) is 24.2 Å². The zero-order chi connectivity index (χ0) is 14.8. The van der Waals surface area contributed by atoms with Crippen LogP contribution < -0.4 is 4.90 Å². The summed E-state index contributed by atoms with van der Waals surface area (Å²) in [5, 5.41) is 20.3. The third-order valence-corrected chi connectivity index (χ3v) is 4.47. The first-order valence-corrected chi connectivity index (χ1v) is 7.61. The number of hydrogen-bond acceptors (Lipinski definition) is 4. The molecule has 1 aromatic carbocycles. The Morgan fingerprint density at radius 3 is 2.67 bits per heavy atom. The van der Waals surface area contributed by atoms with Crippen LogP contribution in [-0.4, -0.2) is 34.4 Å². The zero-order valence-electron chi connectivity index (χ0n) is 12.4. The number of aliphatic hydroxyl groups is 2. The maximum Gasteiger partial charge on any atom is 0.0854 e. The van der Waals surface area contributed by atoms with Crippen LogP contribution in [0.2, 0.25) is 0 Å². The number of para-hydroxylation sites is 1. The summed E-state index contributed by atoms with van der Waals surface area (Å²) in [6.45, 7) is 3.72. The van der Waals surface area contributed by atoms with Crippen molar-refractivity contribution in [1.29, 1.82) is 0 Å². The minimum atomic E-state index is -0.227. The molecule has 2 aromatic rings. The highest BCUT2D eigenvalue weighted by molar-refractivity contribution is 5.92. The monoisotopic (exact) mass is 286 g/mol. The summed E-state index contributed by atoms with van der Waals surface area (Å²) in [5.41, 5.74) is 2.78. The first-order chi connectivity index (χ1) is 10.2. The Bertz CT molecular complexity index is 619. The van der Waals surface area contributed by atoms with Gasteiger partial charge in [-0.1, -0.05) is 18.2 Å². The first kappa shape index (κ1) is 14.3. The minimum Gasteiger partial charge on any atom is -0.393 e. The van der Waals surface area contributed by atoms with Gasteiger partial charge in [0.15, 0.2) is 0 Å². The lowest BCUT2D eigenvalue weighted by Crippen LogP contribution is -2.37. The SMILES string of the molecule is CC(O)C1CCN(c2cc(CO)nc3ccccc23)CC1. The highest BCUT2D eigenvalue weighted by Gasteiger charge is 2.24. The highest BCUT2D eigenvalue weighted by atomic mass is 16.3. The lowest BCUT2D eigenvalue weighted by atomic mass is 9.91. The fourth-order valence-electron chi connectivity index (χ4n) is 3.18. The summed E-state index contributed by atoms with van der Waals surface area (Å²) < 4.78 is 0. The van der Waals surface area contributed by atoms with Crippen LogP contribution in [0.4, 0.5) is 5.69 Å². The molecule has 2 N–H and O–H groups in total.